The standard InChI is InChI=1S/C13H14FN3S/c14-10-4-2-9(3-5-10)12-11(8-15)18-13-16-6-1-7-17(12)13/h2-5H,1,6-8,15H2. The molecule has 3 nitrogen and oxygen atoms in total. The molecule has 5 heteroatoms. The Bertz CT molecular complexity index is 522. The van der Waals surface area contributed by atoms with Crippen molar-refractivity contribution in [3.05, 3.63) is 40.6 Å². The monoisotopic (exact) mass is 263 g/mol. The largest absolute Gasteiger partial charge is 0.326 e. The SMILES string of the molecule is NCC1=C(c2ccc(F)cc2)N2CCCN=C2S1. The van der Waals surface area contributed by atoms with Gasteiger partial charge in [-0.25, -0.2) is 4.39 Å². The van der Waals surface area contributed by atoms with Gasteiger partial charge in [0.15, 0.2) is 5.17 Å². The third kappa shape index (κ3) is 1.93. The Hall–Kier alpha value is -1.33. The quantitative estimate of drug-likeness (QED) is 0.890. The summed E-state index contributed by atoms with van der Waals surface area (Å²) < 4.78 is 13.0. The first-order chi connectivity index (χ1) is 8.79. The molecule has 0 spiro atoms. The Morgan fingerprint density at radius 3 is 2.83 bits per heavy atom. The molecule has 2 aliphatic heterocycles. The number of rotatable bonds is 2. The Kier molecular flexibility index (Phi) is 3.09. The van der Waals surface area contributed by atoms with E-state index >= 15 is 0 Å². The van der Waals surface area contributed by atoms with E-state index in [1.807, 2.05) is 0 Å². The molecule has 0 atom stereocenters. The van der Waals surface area contributed by atoms with E-state index in [2.05, 4.69) is 9.89 Å². The fraction of sp³-hybridized carbons (Fsp3) is 0.308. The van der Waals surface area contributed by atoms with Crippen molar-refractivity contribution in [1.29, 1.82) is 0 Å². The third-order valence-corrected chi connectivity index (χ3v) is 4.21. The summed E-state index contributed by atoms with van der Waals surface area (Å²) in [5.41, 5.74) is 7.92. The number of hydrogen-bond acceptors (Lipinski definition) is 4. The molecule has 18 heavy (non-hydrogen) atoms. The van der Waals surface area contributed by atoms with Gasteiger partial charge in [0.2, 0.25) is 0 Å². The summed E-state index contributed by atoms with van der Waals surface area (Å²) in [4.78, 5) is 7.83. The molecule has 0 bridgehead atoms. The molecule has 0 aromatic heterocycles. The number of hydrogen-bond donors (Lipinski definition) is 1. The second-order valence-electron chi connectivity index (χ2n) is 4.25. The number of nitrogens with zero attached hydrogens (tertiary/aromatic N) is 2. The van der Waals surface area contributed by atoms with Crippen LogP contribution in [0, 0.1) is 5.82 Å². The van der Waals surface area contributed by atoms with Gasteiger partial charge in [-0.3, -0.25) is 4.99 Å². The van der Waals surface area contributed by atoms with E-state index in [1.54, 1.807) is 23.9 Å². The summed E-state index contributed by atoms with van der Waals surface area (Å²) >= 11 is 1.64. The first-order valence-corrected chi connectivity index (χ1v) is 6.80. The molecule has 0 unspecified atom stereocenters. The van der Waals surface area contributed by atoms with E-state index in [0.717, 1.165) is 40.8 Å². The van der Waals surface area contributed by atoms with Crippen LogP contribution in [0.1, 0.15) is 12.0 Å². The van der Waals surface area contributed by atoms with Gasteiger partial charge in [-0.2, -0.15) is 0 Å². The van der Waals surface area contributed by atoms with E-state index in [-0.39, 0.29) is 5.82 Å². The van der Waals surface area contributed by atoms with Crippen molar-refractivity contribution in [3.8, 4) is 0 Å². The average molecular weight is 263 g/mol. The van der Waals surface area contributed by atoms with Crippen molar-refractivity contribution in [2.45, 2.75) is 6.42 Å². The van der Waals surface area contributed by atoms with E-state index in [4.69, 9.17) is 5.73 Å². The maximum atomic E-state index is 13.0. The van der Waals surface area contributed by atoms with Crippen molar-refractivity contribution >= 4 is 22.6 Å². The number of nitrogens with two attached hydrogens (primary N) is 1. The topological polar surface area (TPSA) is 41.6 Å². The Labute approximate surface area is 110 Å². The van der Waals surface area contributed by atoms with Crippen LogP contribution in [0.15, 0.2) is 34.2 Å². The maximum absolute atomic E-state index is 13.0. The summed E-state index contributed by atoms with van der Waals surface area (Å²) in [5.74, 6) is -0.216. The third-order valence-electron chi connectivity index (χ3n) is 3.07. The van der Waals surface area contributed by atoms with Crippen molar-refractivity contribution < 1.29 is 4.39 Å². The van der Waals surface area contributed by atoms with Crippen LogP contribution < -0.4 is 5.73 Å². The first-order valence-electron chi connectivity index (χ1n) is 5.98. The van der Waals surface area contributed by atoms with Crippen LogP contribution in [0.4, 0.5) is 4.39 Å². The van der Waals surface area contributed by atoms with E-state index in [9.17, 15) is 4.39 Å². The van der Waals surface area contributed by atoms with Gasteiger partial charge >= 0.3 is 0 Å². The summed E-state index contributed by atoms with van der Waals surface area (Å²) in [6, 6.07) is 6.58. The van der Waals surface area contributed by atoms with Crippen molar-refractivity contribution in [2.75, 3.05) is 19.6 Å². The highest BCUT2D eigenvalue weighted by atomic mass is 32.2. The van der Waals surface area contributed by atoms with E-state index in [0.29, 0.717) is 6.54 Å². The molecule has 0 saturated heterocycles. The minimum Gasteiger partial charge on any atom is -0.326 e. The minimum absolute atomic E-state index is 0.216. The lowest BCUT2D eigenvalue weighted by Gasteiger charge is -2.25. The van der Waals surface area contributed by atoms with Gasteiger partial charge in [0.1, 0.15) is 5.82 Å². The molecule has 2 N–H and O–H groups in total. The van der Waals surface area contributed by atoms with Crippen molar-refractivity contribution in [3.63, 3.8) is 0 Å². The van der Waals surface area contributed by atoms with Crippen molar-refractivity contribution in [2.24, 2.45) is 10.7 Å². The molecule has 2 heterocycles. The molecule has 0 saturated carbocycles. The van der Waals surface area contributed by atoms with Gasteiger partial charge < -0.3 is 10.6 Å². The second kappa shape index (κ2) is 4.74. The van der Waals surface area contributed by atoms with Gasteiger partial charge in [-0.05, 0) is 36.2 Å². The minimum atomic E-state index is -0.216. The zero-order valence-electron chi connectivity index (χ0n) is 9.90. The van der Waals surface area contributed by atoms with Crippen LogP contribution in [0.5, 0.6) is 0 Å². The molecular formula is C13H14FN3S. The molecule has 3 rings (SSSR count). The zero-order valence-corrected chi connectivity index (χ0v) is 10.7. The normalized spacial score (nSPS) is 19.0. The van der Waals surface area contributed by atoms with Gasteiger partial charge in [0, 0.05) is 24.5 Å². The van der Waals surface area contributed by atoms with Crippen LogP contribution >= 0.6 is 11.8 Å². The number of halogens is 1. The summed E-state index contributed by atoms with van der Waals surface area (Å²) in [6.45, 7) is 2.34. The lowest BCUT2D eigenvalue weighted by molar-refractivity contribution is 0.540. The van der Waals surface area contributed by atoms with Crippen LogP contribution in [0.25, 0.3) is 5.70 Å². The number of thioether (sulfide) groups is 1. The molecule has 2 aliphatic rings. The predicted octanol–water partition coefficient (Wildman–Crippen LogP) is 2.26. The van der Waals surface area contributed by atoms with Crippen LogP contribution in [0.2, 0.25) is 0 Å². The van der Waals surface area contributed by atoms with Gasteiger partial charge in [-0.1, -0.05) is 11.8 Å². The predicted molar refractivity (Wildman–Crippen MR) is 73.6 cm³/mol. The highest BCUT2D eigenvalue weighted by molar-refractivity contribution is 8.17. The molecule has 94 valence electrons. The highest BCUT2D eigenvalue weighted by Gasteiger charge is 2.30. The van der Waals surface area contributed by atoms with E-state index < -0.39 is 0 Å². The first kappa shape index (κ1) is 11.7. The van der Waals surface area contributed by atoms with Gasteiger partial charge in [0.05, 0.1) is 5.70 Å². The highest BCUT2D eigenvalue weighted by Crippen LogP contribution is 2.40. The lowest BCUT2D eigenvalue weighted by atomic mass is 10.1. The second-order valence-corrected chi connectivity index (χ2v) is 5.32. The van der Waals surface area contributed by atoms with E-state index in [1.165, 1.54) is 12.1 Å². The Morgan fingerprint density at radius 1 is 1.33 bits per heavy atom. The molecular weight excluding hydrogens is 249 g/mol. The lowest BCUT2D eigenvalue weighted by Crippen LogP contribution is -2.29. The fourth-order valence-electron chi connectivity index (χ4n) is 2.25. The molecule has 0 aliphatic carbocycles. The summed E-state index contributed by atoms with van der Waals surface area (Å²) in [7, 11) is 0. The summed E-state index contributed by atoms with van der Waals surface area (Å²) in [6.07, 6.45) is 1.05. The molecule has 1 aromatic carbocycles. The number of amidine groups is 1. The van der Waals surface area contributed by atoms with Crippen LogP contribution in [-0.4, -0.2) is 29.7 Å². The maximum Gasteiger partial charge on any atom is 0.168 e. The van der Waals surface area contributed by atoms with Crippen molar-refractivity contribution in [1.82, 2.24) is 4.90 Å². The zero-order chi connectivity index (χ0) is 12.5. The Morgan fingerprint density at radius 2 is 2.11 bits per heavy atom. The van der Waals surface area contributed by atoms with Gasteiger partial charge in [0.25, 0.3) is 0 Å². The van der Waals surface area contributed by atoms with Gasteiger partial charge in [-0.15, -0.1) is 0 Å². The summed E-state index contributed by atoms with van der Waals surface area (Å²) in [5, 5.41) is 1.03. The molecule has 0 fully saturated rings. The average Bonchev–Trinajstić information content (AvgIpc) is 2.78. The number of fused-ring (bicyclic) bond motifs is 1. The number of benzene rings is 1. The number of aliphatic imine (C=N–C) groups is 1. The smallest absolute Gasteiger partial charge is 0.168 e. The van der Waals surface area contributed by atoms with Crippen LogP contribution in [0.3, 0.4) is 0 Å². The molecule has 1 aromatic rings. The molecule has 0 radical (unpaired) electrons. The van der Waals surface area contributed by atoms with Crippen LogP contribution in [-0.2, 0) is 0 Å². The molecule has 0 amide bonds. The Balaban J connectivity index is 2.04. The fourth-order valence-corrected chi connectivity index (χ4v) is 3.33.